The highest BCUT2D eigenvalue weighted by molar-refractivity contribution is 5.80. The number of benzene rings is 2. The highest BCUT2D eigenvalue weighted by Gasteiger charge is 2.27. The third-order valence-corrected chi connectivity index (χ3v) is 6.56. The Kier molecular flexibility index (Phi) is 8.86. The van der Waals surface area contributed by atoms with Gasteiger partial charge in [0.1, 0.15) is 0 Å². The number of nitrogens with one attached hydrogen (secondary N) is 1. The molecule has 0 radical (unpaired) electrons. The van der Waals surface area contributed by atoms with Gasteiger partial charge in [-0.1, -0.05) is 54.6 Å². The van der Waals surface area contributed by atoms with Gasteiger partial charge in [-0.25, -0.2) is 0 Å². The van der Waals surface area contributed by atoms with E-state index >= 15 is 0 Å². The van der Waals surface area contributed by atoms with E-state index in [-0.39, 0.29) is 17.7 Å². The van der Waals surface area contributed by atoms with Crippen molar-refractivity contribution in [2.24, 2.45) is 5.92 Å². The van der Waals surface area contributed by atoms with Crippen molar-refractivity contribution in [1.29, 1.82) is 0 Å². The van der Waals surface area contributed by atoms with E-state index in [9.17, 15) is 9.59 Å². The Balaban J connectivity index is 1.43. The van der Waals surface area contributed by atoms with Crippen molar-refractivity contribution in [3.8, 4) is 0 Å². The van der Waals surface area contributed by atoms with Crippen LogP contribution in [0.25, 0.3) is 0 Å². The number of likely N-dealkylation sites (tertiary alicyclic amines) is 1. The Morgan fingerprint density at radius 2 is 1.62 bits per heavy atom. The summed E-state index contributed by atoms with van der Waals surface area (Å²) in [7, 11) is 2.12. The number of carbonyl (C=O) groups excluding carboxylic acids is 2. The molecule has 0 unspecified atom stereocenters. The molecule has 1 saturated heterocycles. The zero-order valence-electron chi connectivity index (χ0n) is 19.7. The summed E-state index contributed by atoms with van der Waals surface area (Å²) in [5.74, 6) is 0.281. The fourth-order valence-corrected chi connectivity index (χ4v) is 4.11. The Hall–Kier alpha value is -2.66. The molecule has 3 rings (SSSR count). The van der Waals surface area contributed by atoms with Gasteiger partial charge in [0, 0.05) is 44.6 Å². The van der Waals surface area contributed by atoms with Gasteiger partial charge in [-0.05, 0) is 56.8 Å². The third-order valence-electron chi connectivity index (χ3n) is 6.56. The van der Waals surface area contributed by atoms with Crippen molar-refractivity contribution >= 4 is 11.8 Å². The molecule has 1 aliphatic heterocycles. The molecule has 32 heavy (non-hydrogen) atoms. The summed E-state index contributed by atoms with van der Waals surface area (Å²) in [6.07, 6.45) is 2.77. The predicted molar refractivity (Wildman–Crippen MR) is 129 cm³/mol. The Labute approximate surface area is 192 Å². The molecule has 2 aromatic rings. The standard InChI is InChI=1S/C27H37N3O2/c1-21(2)29(3)20-25-12-8-7-11-24(25)19-28-27(32)23-15-17-30(18-16-23)26(31)14-13-22-9-5-4-6-10-22/h4-12,21,23H,13-20H2,1-3H3,(H,28,32). The molecule has 0 saturated carbocycles. The number of nitrogens with zero attached hydrogens (tertiary/aromatic N) is 2. The SMILES string of the molecule is CC(C)N(C)Cc1ccccc1CNC(=O)C1CCN(C(=O)CCc2ccccc2)CC1. The predicted octanol–water partition coefficient (Wildman–Crippen LogP) is 4.01. The van der Waals surface area contributed by atoms with Crippen LogP contribution in [0, 0.1) is 5.92 Å². The fourth-order valence-electron chi connectivity index (χ4n) is 4.11. The molecule has 172 valence electrons. The van der Waals surface area contributed by atoms with E-state index in [0.29, 0.717) is 32.1 Å². The minimum Gasteiger partial charge on any atom is -0.352 e. The molecule has 2 amide bonds. The highest BCUT2D eigenvalue weighted by Crippen LogP contribution is 2.19. The molecule has 0 atom stereocenters. The summed E-state index contributed by atoms with van der Waals surface area (Å²) < 4.78 is 0. The van der Waals surface area contributed by atoms with Gasteiger partial charge in [-0.2, -0.15) is 0 Å². The van der Waals surface area contributed by atoms with Crippen molar-refractivity contribution in [2.75, 3.05) is 20.1 Å². The molecule has 1 N–H and O–H groups in total. The number of hydrogen-bond acceptors (Lipinski definition) is 3. The normalized spacial score (nSPS) is 14.7. The number of carbonyl (C=O) groups is 2. The lowest BCUT2D eigenvalue weighted by molar-refractivity contribution is -0.135. The third kappa shape index (κ3) is 6.92. The molecule has 0 spiro atoms. The van der Waals surface area contributed by atoms with E-state index in [2.05, 4.69) is 61.4 Å². The monoisotopic (exact) mass is 435 g/mol. The quantitative estimate of drug-likeness (QED) is 0.647. The van der Waals surface area contributed by atoms with Crippen molar-refractivity contribution in [3.05, 3.63) is 71.3 Å². The second kappa shape index (κ2) is 11.8. The van der Waals surface area contributed by atoms with Gasteiger partial charge in [-0.3, -0.25) is 14.5 Å². The van der Waals surface area contributed by atoms with Gasteiger partial charge in [0.25, 0.3) is 0 Å². The van der Waals surface area contributed by atoms with Crippen LogP contribution in [0.2, 0.25) is 0 Å². The lowest BCUT2D eigenvalue weighted by Gasteiger charge is -2.31. The van der Waals surface area contributed by atoms with Crippen LogP contribution < -0.4 is 5.32 Å². The summed E-state index contributed by atoms with van der Waals surface area (Å²) in [5.41, 5.74) is 3.61. The van der Waals surface area contributed by atoms with Crippen molar-refractivity contribution < 1.29 is 9.59 Å². The van der Waals surface area contributed by atoms with Crippen LogP contribution in [0.15, 0.2) is 54.6 Å². The van der Waals surface area contributed by atoms with E-state index in [1.54, 1.807) is 0 Å². The lowest BCUT2D eigenvalue weighted by atomic mass is 9.95. The van der Waals surface area contributed by atoms with E-state index in [1.165, 1.54) is 16.7 Å². The molecule has 0 aliphatic carbocycles. The maximum Gasteiger partial charge on any atom is 0.223 e. The summed E-state index contributed by atoms with van der Waals surface area (Å²) in [4.78, 5) is 29.5. The van der Waals surface area contributed by atoms with Gasteiger partial charge in [-0.15, -0.1) is 0 Å². The van der Waals surface area contributed by atoms with E-state index in [4.69, 9.17) is 0 Å². The zero-order valence-corrected chi connectivity index (χ0v) is 19.7. The molecule has 1 aliphatic rings. The van der Waals surface area contributed by atoms with E-state index in [1.807, 2.05) is 29.2 Å². The Bertz CT molecular complexity index is 873. The van der Waals surface area contributed by atoms with Gasteiger partial charge in [0.2, 0.25) is 11.8 Å². The molecule has 5 heteroatoms. The minimum atomic E-state index is -0.0151. The number of hydrogen-bond donors (Lipinski definition) is 1. The second-order valence-electron chi connectivity index (χ2n) is 9.14. The molecule has 2 aromatic carbocycles. The van der Waals surface area contributed by atoms with Crippen LogP contribution in [0.1, 0.15) is 49.8 Å². The molecule has 1 fully saturated rings. The van der Waals surface area contributed by atoms with Crippen molar-refractivity contribution in [3.63, 3.8) is 0 Å². The zero-order chi connectivity index (χ0) is 22.9. The van der Waals surface area contributed by atoms with Crippen LogP contribution in [0.5, 0.6) is 0 Å². The molecular weight excluding hydrogens is 398 g/mol. The molecule has 0 bridgehead atoms. The summed E-state index contributed by atoms with van der Waals surface area (Å²) in [6, 6.07) is 18.9. The van der Waals surface area contributed by atoms with Crippen LogP contribution in [0.4, 0.5) is 0 Å². The second-order valence-corrected chi connectivity index (χ2v) is 9.14. The summed E-state index contributed by atoms with van der Waals surface area (Å²) >= 11 is 0. The lowest BCUT2D eigenvalue weighted by Crippen LogP contribution is -2.43. The number of rotatable bonds is 9. The van der Waals surface area contributed by atoms with Crippen molar-refractivity contribution in [1.82, 2.24) is 15.1 Å². The van der Waals surface area contributed by atoms with E-state index < -0.39 is 0 Å². The highest BCUT2D eigenvalue weighted by atomic mass is 16.2. The van der Waals surface area contributed by atoms with Crippen LogP contribution in [-0.4, -0.2) is 47.8 Å². The Morgan fingerprint density at radius 1 is 1.00 bits per heavy atom. The first kappa shape index (κ1) is 24.0. The largest absolute Gasteiger partial charge is 0.352 e. The van der Waals surface area contributed by atoms with Crippen molar-refractivity contribution in [2.45, 2.75) is 58.7 Å². The summed E-state index contributed by atoms with van der Waals surface area (Å²) in [5, 5.41) is 3.14. The molecule has 0 aromatic heterocycles. The maximum absolute atomic E-state index is 12.8. The average Bonchev–Trinajstić information content (AvgIpc) is 2.82. The number of amides is 2. The van der Waals surface area contributed by atoms with Gasteiger partial charge in [0.05, 0.1) is 0 Å². The molecular formula is C27H37N3O2. The van der Waals surface area contributed by atoms with Crippen LogP contribution in [0.3, 0.4) is 0 Å². The van der Waals surface area contributed by atoms with Gasteiger partial charge >= 0.3 is 0 Å². The molecule has 5 nitrogen and oxygen atoms in total. The average molecular weight is 436 g/mol. The first-order valence-corrected chi connectivity index (χ1v) is 11.8. The van der Waals surface area contributed by atoms with Gasteiger partial charge < -0.3 is 10.2 Å². The first-order chi connectivity index (χ1) is 15.4. The Morgan fingerprint density at radius 3 is 2.28 bits per heavy atom. The van der Waals surface area contributed by atoms with E-state index in [0.717, 1.165) is 25.8 Å². The summed E-state index contributed by atoms with van der Waals surface area (Å²) in [6.45, 7) is 7.12. The number of aryl methyl sites for hydroxylation is 1. The number of piperidine rings is 1. The smallest absolute Gasteiger partial charge is 0.223 e. The topological polar surface area (TPSA) is 52.7 Å². The first-order valence-electron chi connectivity index (χ1n) is 11.8. The minimum absolute atomic E-state index is 0.0151. The fraction of sp³-hybridized carbons (Fsp3) is 0.481. The maximum atomic E-state index is 12.8. The van der Waals surface area contributed by atoms with Crippen LogP contribution >= 0.6 is 0 Å². The van der Waals surface area contributed by atoms with Gasteiger partial charge in [0.15, 0.2) is 0 Å². The van der Waals surface area contributed by atoms with Crippen LogP contribution in [-0.2, 0) is 29.1 Å². The molecule has 1 heterocycles.